The van der Waals surface area contributed by atoms with Gasteiger partial charge in [-0.05, 0) is 25.7 Å². The van der Waals surface area contributed by atoms with Gasteiger partial charge in [0.2, 0.25) is 0 Å². The van der Waals surface area contributed by atoms with Crippen LogP contribution in [0.1, 0.15) is 20.3 Å². The second kappa shape index (κ2) is 5.54. The molecular formula is C10H23NSi. The molecule has 0 heterocycles. The van der Waals surface area contributed by atoms with Crippen LogP contribution in [0.15, 0.2) is 12.3 Å². The summed E-state index contributed by atoms with van der Waals surface area (Å²) in [5.74, 6) is 0. The summed E-state index contributed by atoms with van der Waals surface area (Å²) < 4.78 is 0. The summed E-state index contributed by atoms with van der Waals surface area (Å²) in [6.07, 6.45) is 2.52. The molecule has 0 aliphatic carbocycles. The standard InChI is InChI=1S/C10H23NSi/c1-6-9-11(7-2)10-12(4,5)8-3/h8H,3,6-7,9-10H2,1-2,4-5H3. The van der Waals surface area contributed by atoms with Crippen LogP contribution in [0.4, 0.5) is 0 Å². The van der Waals surface area contributed by atoms with Crippen LogP contribution >= 0.6 is 0 Å². The van der Waals surface area contributed by atoms with Crippen LogP contribution in [-0.2, 0) is 0 Å². The topological polar surface area (TPSA) is 3.24 Å². The lowest BCUT2D eigenvalue weighted by Gasteiger charge is -2.27. The van der Waals surface area contributed by atoms with E-state index in [1.54, 1.807) is 0 Å². The summed E-state index contributed by atoms with van der Waals surface area (Å²) in [6, 6.07) is 0. The molecule has 0 saturated heterocycles. The summed E-state index contributed by atoms with van der Waals surface area (Å²) in [5.41, 5.74) is 2.19. The van der Waals surface area contributed by atoms with E-state index in [4.69, 9.17) is 0 Å². The molecule has 0 atom stereocenters. The van der Waals surface area contributed by atoms with Crippen LogP contribution in [0.3, 0.4) is 0 Å². The van der Waals surface area contributed by atoms with E-state index in [-0.39, 0.29) is 0 Å². The zero-order valence-corrected chi connectivity index (χ0v) is 10.1. The van der Waals surface area contributed by atoms with Crippen molar-refractivity contribution >= 4 is 8.07 Å². The van der Waals surface area contributed by atoms with Crippen LogP contribution in [0.25, 0.3) is 0 Å². The van der Waals surface area contributed by atoms with Crippen molar-refractivity contribution in [2.75, 3.05) is 19.3 Å². The van der Waals surface area contributed by atoms with E-state index in [1.165, 1.54) is 25.7 Å². The number of nitrogens with zero attached hydrogens (tertiary/aromatic N) is 1. The molecule has 0 aliphatic heterocycles. The van der Waals surface area contributed by atoms with Gasteiger partial charge >= 0.3 is 0 Å². The fraction of sp³-hybridized carbons (Fsp3) is 0.800. The highest BCUT2D eigenvalue weighted by molar-refractivity contribution is 6.82. The summed E-state index contributed by atoms with van der Waals surface area (Å²) >= 11 is 0. The maximum atomic E-state index is 3.91. The summed E-state index contributed by atoms with van der Waals surface area (Å²) in [4.78, 5) is 2.54. The lowest BCUT2D eigenvalue weighted by atomic mass is 10.4. The number of hydrogen-bond donors (Lipinski definition) is 0. The Balaban J connectivity index is 3.91. The normalized spacial score (nSPS) is 12.1. The van der Waals surface area contributed by atoms with Crippen molar-refractivity contribution < 1.29 is 0 Å². The molecule has 0 saturated carbocycles. The Kier molecular flexibility index (Phi) is 5.50. The molecule has 1 nitrogen and oxygen atoms in total. The fourth-order valence-corrected chi connectivity index (χ4v) is 2.97. The quantitative estimate of drug-likeness (QED) is 0.575. The maximum absolute atomic E-state index is 3.91. The van der Waals surface area contributed by atoms with Crippen LogP contribution in [0.2, 0.25) is 13.1 Å². The minimum Gasteiger partial charge on any atom is -0.306 e. The Morgan fingerprint density at radius 3 is 2.25 bits per heavy atom. The Labute approximate surface area is 78.5 Å². The van der Waals surface area contributed by atoms with E-state index in [0.717, 1.165) is 0 Å². The monoisotopic (exact) mass is 185 g/mol. The van der Waals surface area contributed by atoms with Gasteiger partial charge in [0.25, 0.3) is 0 Å². The molecule has 0 N–H and O–H groups in total. The van der Waals surface area contributed by atoms with Crippen LogP contribution in [0.5, 0.6) is 0 Å². The van der Waals surface area contributed by atoms with Crippen molar-refractivity contribution in [1.82, 2.24) is 4.90 Å². The third-order valence-corrected chi connectivity index (χ3v) is 4.54. The molecule has 72 valence electrons. The molecule has 0 bridgehead atoms. The van der Waals surface area contributed by atoms with E-state index in [9.17, 15) is 0 Å². The highest BCUT2D eigenvalue weighted by atomic mass is 28.3. The number of rotatable bonds is 6. The van der Waals surface area contributed by atoms with Gasteiger partial charge in [0, 0.05) is 0 Å². The molecule has 0 fully saturated rings. The van der Waals surface area contributed by atoms with E-state index in [0.29, 0.717) is 0 Å². The molecular weight excluding hydrogens is 162 g/mol. The van der Waals surface area contributed by atoms with Crippen LogP contribution < -0.4 is 0 Å². The lowest BCUT2D eigenvalue weighted by Crippen LogP contribution is -2.41. The highest BCUT2D eigenvalue weighted by Gasteiger charge is 2.18. The largest absolute Gasteiger partial charge is 0.306 e. The Morgan fingerprint density at radius 2 is 1.92 bits per heavy atom. The highest BCUT2D eigenvalue weighted by Crippen LogP contribution is 2.06. The van der Waals surface area contributed by atoms with Crippen molar-refractivity contribution in [3.05, 3.63) is 12.3 Å². The summed E-state index contributed by atoms with van der Waals surface area (Å²) in [6.45, 7) is 15.6. The molecule has 0 aromatic carbocycles. The van der Waals surface area contributed by atoms with Gasteiger partial charge in [-0.3, -0.25) is 0 Å². The van der Waals surface area contributed by atoms with Crippen molar-refractivity contribution in [2.45, 2.75) is 33.4 Å². The molecule has 0 radical (unpaired) electrons. The van der Waals surface area contributed by atoms with Crippen molar-refractivity contribution in [3.8, 4) is 0 Å². The number of hydrogen-bond acceptors (Lipinski definition) is 1. The second-order valence-corrected chi connectivity index (χ2v) is 8.76. The molecule has 0 unspecified atom stereocenters. The first kappa shape index (κ1) is 11.9. The average molecular weight is 185 g/mol. The first-order chi connectivity index (χ1) is 5.55. The molecule has 0 aromatic rings. The lowest BCUT2D eigenvalue weighted by molar-refractivity contribution is 0.330. The first-order valence-corrected chi connectivity index (χ1v) is 8.20. The Bertz CT molecular complexity index is 132. The van der Waals surface area contributed by atoms with E-state index in [1.807, 2.05) is 0 Å². The van der Waals surface area contributed by atoms with E-state index < -0.39 is 8.07 Å². The predicted octanol–water partition coefficient (Wildman–Crippen LogP) is 2.69. The first-order valence-electron chi connectivity index (χ1n) is 4.91. The SMILES string of the molecule is C=C[Si](C)(C)CN(CC)CCC. The van der Waals surface area contributed by atoms with Gasteiger partial charge < -0.3 is 4.90 Å². The van der Waals surface area contributed by atoms with Crippen molar-refractivity contribution in [2.24, 2.45) is 0 Å². The third kappa shape index (κ3) is 4.73. The molecule has 0 amide bonds. The fourth-order valence-electron chi connectivity index (χ4n) is 1.31. The molecule has 12 heavy (non-hydrogen) atoms. The van der Waals surface area contributed by atoms with Gasteiger partial charge in [-0.15, -0.1) is 12.3 Å². The van der Waals surface area contributed by atoms with Crippen LogP contribution in [0, 0.1) is 0 Å². The molecule has 0 aliphatic rings. The van der Waals surface area contributed by atoms with Gasteiger partial charge in [-0.2, -0.15) is 0 Å². The van der Waals surface area contributed by atoms with Gasteiger partial charge in [0.1, 0.15) is 0 Å². The van der Waals surface area contributed by atoms with Crippen molar-refractivity contribution in [3.63, 3.8) is 0 Å². The van der Waals surface area contributed by atoms with Gasteiger partial charge in [0.15, 0.2) is 0 Å². The minimum absolute atomic E-state index is 1.11. The molecule has 2 heteroatoms. The zero-order chi connectivity index (χ0) is 9.61. The third-order valence-electron chi connectivity index (χ3n) is 2.17. The maximum Gasteiger partial charge on any atom is 0.0854 e. The van der Waals surface area contributed by atoms with Crippen LogP contribution in [-0.4, -0.2) is 32.2 Å². The van der Waals surface area contributed by atoms with Gasteiger partial charge in [-0.25, -0.2) is 0 Å². The predicted molar refractivity (Wildman–Crippen MR) is 60.1 cm³/mol. The Morgan fingerprint density at radius 1 is 1.33 bits per heavy atom. The minimum atomic E-state index is -1.11. The zero-order valence-electron chi connectivity index (χ0n) is 9.06. The Hall–Kier alpha value is -0.0831. The summed E-state index contributed by atoms with van der Waals surface area (Å²) in [7, 11) is -1.11. The molecule has 0 aromatic heterocycles. The molecule has 0 spiro atoms. The average Bonchev–Trinajstić information content (AvgIpc) is 2.03. The second-order valence-electron chi connectivity index (χ2n) is 4.06. The molecule has 0 rings (SSSR count). The van der Waals surface area contributed by atoms with Gasteiger partial charge in [0.05, 0.1) is 8.07 Å². The van der Waals surface area contributed by atoms with E-state index in [2.05, 4.69) is 44.1 Å². The van der Waals surface area contributed by atoms with Gasteiger partial charge in [-0.1, -0.05) is 26.9 Å². The van der Waals surface area contributed by atoms with Crippen molar-refractivity contribution in [1.29, 1.82) is 0 Å². The summed E-state index contributed by atoms with van der Waals surface area (Å²) in [5, 5.41) is 0. The van der Waals surface area contributed by atoms with E-state index >= 15 is 0 Å². The smallest absolute Gasteiger partial charge is 0.0854 e.